The van der Waals surface area contributed by atoms with Crippen molar-refractivity contribution in [3.8, 4) is 11.1 Å². The van der Waals surface area contributed by atoms with E-state index < -0.39 is 0 Å². The molecule has 0 nitrogen and oxygen atoms in total. The van der Waals surface area contributed by atoms with Crippen molar-refractivity contribution in [2.24, 2.45) is 0 Å². The van der Waals surface area contributed by atoms with E-state index in [9.17, 15) is 0 Å². The van der Waals surface area contributed by atoms with E-state index in [0.29, 0.717) is 0 Å². The molecule has 0 saturated heterocycles. The molecule has 2 bridgehead atoms. The lowest BCUT2D eigenvalue weighted by molar-refractivity contribution is 0.755. The molecule has 3 rings (SSSR count). The fraction of sp³-hybridized carbons (Fsp3) is 0.250. The van der Waals surface area contributed by atoms with E-state index in [1.165, 1.54) is 53.2 Å². The maximum atomic E-state index is 2.74. The molecule has 17 heavy (non-hydrogen) atoms. The van der Waals surface area contributed by atoms with Crippen molar-refractivity contribution in [1.29, 1.82) is 0 Å². The summed E-state index contributed by atoms with van der Waals surface area (Å²) in [6, 6.07) is 15.8. The van der Waals surface area contributed by atoms with Gasteiger partial charge in [-0.25, -0.2) is 0 Å². The first-order valence-corrected chi connectivity index (χ1v) is 6.88. The van der Waals surface area contributed by atoms with E-state index in [1.54, 1.807) is 0 Å². The number of hydrogen-bond donors (Lipinski definition) is 0. The Labute approximate surface area is 105 Å². The van der Waals surface area contributed by atoms with Crippen LogP contribution in [0.1, 0.15) is 24.0 Å². The summed E-state index contributed by atoms with van der Waals surface area (Å²) < 4.78 is 0. The first kappa shape index (κ1) is 11.0. The lowest BCUT2D eigenvalue weighted by Crippen LogP contribution is -1.92. The van der Waals surface area contributed by atoms with Gasteiger partial charge >= 0.3 is 0 Å². The average molecular weight is 240 g/mol. The third-order valence-electron chi connectivity index (χ3n) is 3.55. The van der Waals surface area contributed by atoms with Crippen LogP contribution in [0.25, 0.3) is 11.1 Å². The Kier molecular flexibility index (Phi) is 2.99. The van der Waals surface area contributed by atoms with Gasteiger partial charge in [0.05, 0.1) is 0 Å². The highest BCUT2D eigenvalue weighted by atomic mass is 31.0. The Bertz CT molecular complexity index is 526. The summed E-state index contributed by atoms with van der Waals surface area (Å²) in [5.41, 5.74) is 5.79. The number of aryl methyl sites for hydroxylation is 2. The van der Waals surface area contributed by atoms with Crippen LogP contribution >= 0.6 is 9.24 Å². The van der Waals surface area contributed by atoms with Crippen LogP contribution in [0, 0.1) is 0 Å². The van der Waals surface area contributed by atoms with Gasteiger partial charge in [-0.15, -0.1) is 9.24 Å². The van der Waals surface area contributed by atoms with E-state index in [0.717, 1.165) is 0 Å². The van der Waals surface area contributed by atoms with Gasteiger partial charge < -0.3 is 0 Å². The number of hydrogen-bond acceptors (Lipinski definition) is 0. The Morgan fingerprint density at radius 1 is 0.824 bits per heavy atom. The van der Waals surface area contributed by atoms with Crippen LogP contribution in [0.2, 0.25) is 0 Å². The Morgan fingerprint density at radius 2 is 1.59 bits per heavy atom. The molecule has 0 radical (unpaired) electrons. The quantitative estimate of drug-likeness (QED) is 0.666. The number of fused-ring (bicyclic) bond motifs is 2. The maximum Gasteiger partial charge on any atom is -0.0152 e. The molecule has 0 aliphatic heterocycles. The predicted octanol–water partition coefficient (Wildman–Crippen LogP) is 3.73. The largest absolute Gasteiger partial charge is 0.106 e. The third kappa shape index (κ3) is 2.28. The van der Waals surface area contributed by atoms with Crippen LogP contribution in [-0.4, -0.2) is 0 Å². The van der Waals surface area contributed by atoms with Gasteiger partial charge in [0.15, 0.2) is 0 Å². The summed E-state index contributed by atoms with van der Waals surface area (Å²) in [7, 11) is 2.74. The zero-order chi connectivity index (χ0) is 11.7. The molecule has 0 amide bonds. The van der Waals surface area contributed by atoms with Crippen LogP contribution in [-0.2, 0) is 12.8 Å². The summed E-state index contributed by atoms with van der Waals surface area (Å²) in [4.78, 5) is 0. The minimum Gasteiger partial charge on any atom is -0.106 e. The summed E-state index contributed by atoms with van der Waals surface area (Å²) >= 11 is 0. The van der Waals surface area contributed by atoms with Gasteiger partial charge in [-0.3, -0.25) is 0 Å². The average Bonchev–Trinajstić information content (AvgIpc) is 2.53. The van der Waals surface area contributed by atoms with E-state index in [2.05, 4.69) is 51.7 Å². The van der Waals surface area contributed by atoms with Gasteiger partial charge in [0, 0.05) is 0 Å². The first-order chi connectivity index (χ1) is 8.33. The second kappa shape index (κ2) is 4.63. The summed E-state index contributed by atoms with van der Waals surface area (Å²) in [5, 5.41) is 1.25. The molecule has 1 unspecified atom stereocenters. The molecule has 1 atom stereocenters. The Balaban J connectivity index is 2.07. The predicted molar refractivity (Wildman–Crippen MR) is 77.9 cm³/mol. The van der Waals surface area contributed by atoms with Crippen molar-refractivity contribution in [3.63, 3.8) is 0 Å². The van der Waals surface area contributed by atoms with Crippen molar-refractivity contribution in [2.75, 3.05) is 0 Å². The first-order valence-electron chi connectivity index (χ1n) is 6.31. The molecule has 0 N–H and O–H groups in total. The third-order valence-corrected chi connectivity index (χ3v) is 3.94. The number of rotatable bonds is 1. The topological polar surface area (TPSA) is 0 Å². The molecule has 1 aliphatic carbocycles. The molecule has 1 aliphatic rings. The van der Waals surface area contributed by atoms with Crippen LogP contribution in [0.5, 0.6) is 0 Å². The van der Waals surface area contributed by atoms with Gasteiger partial charge in [0.1, 0.15) is 0 Å². The summed E-state index contributed by atoms with van der Waals surface area (Å²) in [6.45, 7) is 0. The zero-order valence-corrected chi connectivity index (χ0v) is 11.1. The molecular weight excluding hydrogens is 223 g/mol. The molecule has 1 heteroatoms. The fourth-order valence-electron chi connectivity index (χ4n) is 2.60. The molecule has 2 aromatic rings. The number of benzene rings is 2. The van der Waals surface area contributed by atoms with Crippen LogP contribution in [0.3, 0.4) is 0 Å². The smallest absolute Gasteiger partial charge is 0.0152 e. The molecule has 86 valence electrons. The van der Waals surface area contributed by atoms with Crippen LogP contribution < -0.4 is 5.30 Å². The fourth-order valence-corrected chi connectivity index (χ4v) is 2.79. The highest BCUT2D eigenvalue weighted by molar-refractivity contribution is 7.27. The Morgan fingerprint density at radius 3 is 2.41 bits per heavy atom. The second-order valence-corrected chi connectivity index (χ2v) is 5.49. The highest BCUT2D eigenvalue weighted by Crippen LogP contribution is 2.28. The Hall–Kier alpha value is -1.13. The summed E-state index contributed by atoms with van der Waals surface area (Å²) in [5.74, 6) is 0. The van der Waals surface area contributed by atoms with Crippen molar-refractivity contribution < 1.29 is 0 Å². The monoisotopic (exact) mass is 240 g/mol. The highest BCUT2D eigenvalue weighted by Gasteiger charge is 2.09. The standard InChI is InChI=1S/C16H17P/c17-15-8-6-13(7-9-15)16-10-5-12-3-1-2-4-14(16)11-12/h5-11H,1-4,17H2. The van der Waals surface area contributed by atoms with Gasteiger partial charge in [0.2, 0.25) is 0 Å². The maximum absolute atomic E-state index is 2.74. The van der Waals surface area contributed by atoms with Crippen molar-refractivity contribution >= 4 is 14.5 Å². The van der Waals surface area contributed by atoms with Crippen molar-refractivity contribution in [2.45, 2.75) is 25.7 Å². The lowest BCUT2D eigenvalue weighted by Gasteiger charge is -2.09. The van der Waals surface area contributed by atoms with E-state index >= 15 is 0 Å². The lowest BCUT2D eigenvalue weighted by atomic mass is 9.96. The molecular formula is C16H17P. The minimum atomic E-state index is 1.23. The van der Waals surface area contributed by atoms with Gasteiger partial charge in [-0.1, -0.05) is 42.5 Å². The van der Waals surface area contributed by atoms with E-state index in [1.807, 2.05) is 0 Å². The van der Waals surface area contributed by atoms with Gasteiger partial charge in [-0.2, -0.15) is 0 Å². The van der Waals surface area contributed by atoms with Crippen LogP contribution in [0.15, 0.2) is 42.5 Å². The second-order valence-electron chi connectivity index (χ2n) is 4.82. The molecule has 0 aromatic heterocycles. The SMILES string of the molecule is Pc1ccc(-c2ccc3cc2CCCC3)cc1. The molecule has 0 heterocycles. The van der Waals surface area contributed by atoms with E-state index in [4.69, 9.17) is 0 Å². The molecule has 0 fully saturated rings. The van der Waals surface area contributed by atoms with Gasteiger partial charge in [0.25, 0.3) is 0 Å². The molecule has 2 aromatic carbocycles. The van der Waals surface area contributed by atoms with Crippen molar-refractivity contribution in [1.82, 2.24) is 0 Å². The molecule has 0 spiro atoms. The zero-order valence-electron chi connectivity index (χ0n) is 9.95. The minimum absolute atomic E-state index is 1.23. The summed E-state index contributed by atoms with van der Waals surface area (Å²) in [6.07, 6.45) is 5.13. The normalized spacial score (nSPS) is 14.4. The van der Waals surface area contributed by atoms with Gasteiger partial charge in [-0.05, 0) is 53.2 Å². The van der Waals surface area contributed by atoms with E-state index in [-0.39, 0.29) is 0 Å². The van der Waals surface area contributed by atoms with Crippen molar-refractivity contribution in [3.05, 3.63) is 53.6 Å². The van der Waals surface area contributed by atoms with Crippen LogP contribution in [0.4, 0.5) is 0 Å². The molecule has 0 saturated carbocycles.